The summed E-state index contributed by atoms with van der Waals surface area (Å²) in [4.78, 5) is 61.7. The van der Waals surface area contributed by atoms with Crippen LogP contribution in [0, 0.1) is 0 Å². The normalized spacial score (nSPS) is 10.9. The van der Waals surface area contributed by atoms with Gasteiger partial charge in [-0.05, 0) is 23.0 Å². The molecule has 0 spiro atoms. The fraction of sp³-hybridized carbons (Fsp3) is 1.00. The first-order valence-corrected chi connectivity index (χ1v) is 12.9. The van der Waals surface area contributed by atoms with Gasteiger partial charge < -0.3 is 42.8 Å². The van der Waals surface area contributed by atoms with E-state index in [0.717, 1.165) is 0 Å². The third-order valence-corrected chi connectivity index (χ3v) is 12.8. The first-order chi connectivity index (χ1) is 8.04. The van der Waals surface area contributed by atoms with Crippen LogP contribution in [0.2, 0.25) is 0 Å². The molecule has 0 aromatic rings. The van der Waals surface area contributed by atoms with Crippen molar-refractivity contribution in [1.29, 1.82) is 0 Å². The summed E-state index contributed by atoms with van der Waals surface area (Å²) in [5.41, 5.74) is 0. The molecule has 13 heteroatoms. The van der Waals surface area contributed by atoms with E-state index in [1.165, 1.54) is 0 Å². The topological polar surface area (TPSA) is 138 Å². The Morgan fingerprint density at radius 3 is 0.667 bits per heavy atom. The third-order valence-electron chi connectivity index (χ3n) is 1.97. The van der Waals surface area contributed by atoms with Crippen LogP contribution >= 0.6 is 13.4 Å². The molecular weight excluding hydrogens is 514 g/mol. The molecule has 0 amide bonds. The van der Waals surface area contributed by atoms with E-state index in [1.807, 2.05) is 0 Å². The minimum Gasteiger partial charge on any atom is -0.848 e. The van der Waals surface area contributed by atoms with Crippen molar-refractivity contribution >= 4 is 33.6 Å². The van der Waals surface area contributed by atoms with Crippen LogP contribution in [-0.2, 0) is 78.6 Å². The first kappa shape index (κ1) is 35.3. The average Bonchev–Trinajstić information content (AvgIpc) is 2.17. The van der Waals surface area contributed by atoms with Gasteiger partial charge in [0, 0.05) is 0 Å². The van der Waals surface area contributed by atoms with Crippen molar-refractivity contribution < 1.29 is 87.8 Å². The maximum atomic E-state index is 10.3. The van der Waals surface area contributed by atoms with Crippen molar-refractivity contribution in [2.75, 3.05) is 23.0 Å². The third kappa shape index (κ3) is 19.4. The van der Waals surface area contributed by atoms with Gasteiger partial charge in [0.25, 0.3) is 0 Å². The van der Waals surface area contributed by atoms with Crippen LogP contribution in [0.15, 0.2) is 0 Å². The molecule has 0 unspecified atom stereocenters. The maximum absolute atomic E-state index is 10.3. The quantitative estimate of drug-likeness (QED) is 0.275. The molecule has 0 saturated heterocycles. The summed E-state index contributed by atoms with van der Waals surface area (Å²) in [5.74, 6) is 1.84. The second-order valence-corrected chi connectivity index (χ2v) is 14.7. The van der Waals surface area contributed by atoms with Crippen molar-refractivity contribution in [3.05, 3.63) is 0 Å². The van der Waals surface area contributed by atoms with Crippen LogP contribution in [0.3, 0.4) is 0 Å². The van der Waals surface area contributed by atoms with Gasteiger partial charge in [-0.15, -0.1) is 0 Å². The smallest absolute Gasteiger partial charge is 0.848 e. The Morgan fingerprint density at radius 1 is 0.524 bits per heavy atom. The van der Waals surface area contributed by atoms with Gasteiger partial charge in [-0.25, -0.2) is 20.1 Å². The van der Waals surface area contributed by atoms with E-state index >= 15 is 0 Å². The standard InChI is InChI=1S/2C4H10O3PS.3Zn/c2*1-3-9(4-2)8(5,6)7;;;/h2*3-4H2,1-2H3;;;/q2*-3;3*+2. The van der Waals surface area contributed by atoms with Crippen LogP contribution in [0.4, 0.5) is 0 Å². The Labute approximate surface area is 170 Å². The minimum atomic E-state index is -4.25. The van der Waals surface area contributed by atoms with Gasteiger partial charge in [0.1, 0.15) is 0 Å². The second kappa shape index (κ2) is 18.0. The minimum absolute atomic E-state index is 0. The van der Waals surface area contributed by atoms with Crippen LogP contribution in [0.25, 0.3) is 0 Å². The molecule has 0 atom stereocenters. The van der Waals surface area contributed by atoms with E-state index in [0.29, 0.717) is 23.0 Å². The van der Waals surface area contributed by atoms with E-state index < -0.39 is 33.6 Å². The molecule has 0 rings (SSSR count). The Hall–Kier alpha value is 3.19. The summed E-state index contributed by atoms with van der Waals surface area (Å²) < 4.78 is 0. The SMILES string of the molecule is CCS(CC)=P([O-])([O-])[O-].CCS(CC)=P([O-])([O-])[O-].[Zn+2].[Zn+2].[Zn+2]. The van der Waals surface area contributed by atoms with Crippen molar-refractivity contribution in [3.8, 4) is 0 Å². The van der Waals surface area contributed by atoms with Crippen molar-refractivity contribution in [1.82, 2.24) is 0 Å². The predicted molar refractivity (Wildman–Crippen MR) is 70.7 cm³/mol. The fourth-order valence-corrected chi connectivity index (χ4v) is 6.92. The molecule has 0 aliphatic carbocycles. The monoisotopic (exact) mass is 530 g/mol. The molecule has 116 valence electrons. The van der Waals surface area contributed by atoms with Gasteiger partial charge >= 0.3 is 58.4 Å². The Bertz CT molecular complexity index is 295. The number of hydrogen-bond donors (Lipinski definition) is 0. The van der Waals surface area contributed by atoms with Crippen molar-refractivity contribution in [2.24, 2.45) is 0 Å². The van der Waals surface area contributed by atoms with Gasteiger partial charge in [0.15, 0.2) is 0 Å². The molecule has 0 aromatic carbocycles. The summed E-state index contributed by atoms with van der Waals surface area (Å²) in [7, 11) is -1.82. The zero-order chi connectivity index (χ0) is 15.0. The summed E-state index contributed by atoms with van der Waals surface area (Å²) in [6.07, 6.45) is 0. The molecular formula is C8H20O6P2S2Zn3. The summed E-state index contributed by atoms with van der Waals surface area (Å²) in [5, 5.41) is 0. The maximum Gasteiger partial charge on any atom is 2.00 e. The molecule has 0 aromatic heterocycles. The van der Waals surface area contributed by atoms with Crippen LogP contribution in [0.1, 0.15) is 27.7 Å². The summed E-state index contributed by atoms with van der Waals surface area (Å²) in [6.45, 7) is -1.63. The van der Waals surface area contributed by atoms with Gasteiger partial charge in [-0.3, -0.25) is 0 Å². The Kier molecular flexibility index (Phi) is 30.3. The van der Waals surface area contributed by atoms with Gasteiger partial charge in [0.05, 0.1) is 0 Å². The summed E-state index contributed by atoms with van der Waals surface area (Å²) >= 11 is 0. The Morgan fingerprint density at radius 2 is 0.667 bits per heavy atom. The summed E-state index contributed by atoms with van der Waals surface area (Å²) in [6, 6.07) is 0. The second-order valence-electron chi connectivity index (χ2n) is 2.97. The Balaban J connectivity index is -0.0000000711. The predicted octanol–water partition coefficient (Wildman–Crippen LogP) is -3.20. The number of rotatable bonds is 4. The van der Waals surface area contributed by atoms with Crippen LogP contribution < -0.4 is 29.4 Å². The van der Waals surface area contributed by atoms with Gasteiger partial charge in [-0.1, -0.05) is 27.7 Å². The molecule has 0 N–H and O–H groups in total. The van der Waals surface area contributed by atoms with E-state index in [4.69, 9.17) is 0 Å². The molecule has 0 aliphatic rings. The van der Waals surface area contributed by atoms with E-state index in [9.17, 15) is 29.4 Å². The zero-order valence-corrected chi connectivity index (χ0v) is 25.4. The molecule has 0 radical (unpaired) electrons. The van der Waals surface area contributed by atoms with Gasteiger partial charge in [0.2, 0.25) is 0 Å². The van der Waals surface area contributed by atoms with E-state index in [1.54, 1.807) is 27.7 Å². The van der Waals surface area contributed by atoms with Crippen LogP contribution in [0.5, 0.6) is 0 Å². The molecule has 0 aliphatic heterocycles. The van der Waals surface area contributed by atoms with Crippen LogP contribution in [-0.4, -0.2) is 23.0 Å². The number of hydrogen-bond acceptors (Lipinski definition) is 6. The molecule has 0 fully saturated rings. The van der Waals surface area contributed by atoms with Crippen molar-refractivity contribution in [3.63, 3.8) is 0 Å². The first-order valence-electron chi connectivity index (χ1n) is 5.44. The molecule has 0 bridgehead atoms. The van der Waals surface area contributed by atoms with Gasteiger partial charge in [-0.2, -0.15) is 0 Å². The molecule has 21 heavy (non-hydrogen) atoms. The largest absolute Gasteiger partial charge is 2.00 e. The van der Waals surface area contributed by atoms with Crippen molar-refractivity contribution in [2.45, 2.75) is 27.7 Å². The average molecular weight is 534 g/mol. The molecule has 6 nitrogen and oxygen atoms in total. The zero-order valence-electron chi connectivity index (χ0n) is 13.1. The van der Waals surface area contributed by atoms with E-state index in [-0.39, 0.29) is 58.4 Å². The van der Waals surface area contributed by atoms with E-state index in [2.05, 4.69) is 0 Å². The fourth-order valence-electron chi connectivity index (χ4n) is 1.04. The molecule has 0 saturated carbocycles. The molecule has 0 heterocycles.